The average Bonchev–Trinajstić information content (AvgIpc) is 2.76. The first-order valence-corrected chi connectivity index (χ1v) is 7.56. The largest absolute Gasteiger partial charge is 0.465 e. The zero-order valence-electron chi connectivity index (χ0n) is 10.8. The quantitative estimate of drug-likeness (QED) is 0.395. The van der Waals surface area contributed by atoms with Gasteiger partial charge >= 0.3 is 5.97 Å². The van der Waals surface area contributed by atoms with Crippen molar-refractivity contribution in [3.63, 3.8) is 0 Å². The minimum atomic E-state index is -0.378. The van der Waals surface area contributed by atoms with Gasteiger partial charge in [-0.2, -0.15) is 0 Å². The Bertz CT molecular complexity index is 660. The maximum absolute atomic E-state index is 11.5. The zero-order valence-corrected chi connectivity index (χ0v) is 14.6. The normalized spacial score (nSPS) is 11.0. The number of carbonyl (C=O) groups excluding carboxylic acids is 1. The van der Waals surface area contributed by atoms with E-state index in [9.17, 15) is 4.79 Å². The molecule has 0 spiro atoms. The molecule has 0 atom stereocenters. The minimum absolute atomic E-state index is 0.378. The molecule has 1 aromatic heterocycles. The Morgan fingerprint density at radius 3 is 2.80 bits per heavy atom. The van der Waals surface area contributed by atoms with Gasteiger partial charge in [0.2, 0.25) is 0 Å². The van der Waals surface area contributed by atoms with E-state index >= 15 is 0 Å². The summed E-state index contributed by atoms with van der Waals surface area (Å²) in [5.41, 5.74) is 2.14. The van der Waals surface area contributed by atoms with Crippen LogP contribution in [-0.4, -0.2) is 19.3 Å². The van der Waals surface area contributed by atoms with Crippen LogP contribution >= 0.6 is 38.5 Å². The lowest BCUT2D eigenvalue weighted by atomic mass is 10.1. The molecule has 0 bridgehead atoms. The molecule has 1 heterocycles. The third-order valence-electron chi connectivity index (χ3n) is 2.63. The van der Waals surface area contributed by atoms with E-state index in [-0.39, 0.29) is 5.97 Å². The van der Waals surface area contributed by atoms with Crippen molar-refractivity contribution in [1.82, 2.24) is 0 Å². The van der Waals surface area contributed by atoms with Gasteiger partial charge in [-0.05, 0) is 40.5 Å². The highest BCUT2D eigenvalue weighted by Crippen LogP contribution is 2.24. The number of carbonyl (C=O) groups is 1. The van der Waals surface area contributed by atoms with Crippen LogP contribution in [0.3, 0.4) is 0 Å². The number of nitrogens with zero attached hydrogens (tertiary/aromatic N) is 1. The molecule has 0 aliphatic heterocycles. The molecule has 0 unspecified atom stereocenters. The molecule has 0 aliphatic rings. The molecule has 1 aromatic carbocycles. The summed E-state index contributed by atoms with van der Waals surface area (Å²) in [4.78, 5) is 15.9. The number of aryl methyl sites for hydroxylation is 1. The van der Waals surface area contributed by atoms with Crippen LogP contribution in [0.25, 0.3) is 0 Å². The highest BCUT2D eigenvalue weighted by atomic mass is 127. The van der Waals surface area contributed by atoms with Crippen molar-refractivity contribution in [2.24, 2.45) is 4.99 Å². The number of furan rings is 1. The number of halogens is 2. The highest BCUT2D eigenvalue weighted by Gasteiger charge is 2.08. The average molecular weight is 448 g/mol. The molecule has 6 heteroatoms. The van der Waals surface area contributed by atoms with E-state index in [0.29, 0.717) is 17.0 Å². The maximum Gasteiger partial charge on any atom is 0.337 e. The molecule has 0 fully saturated rings. The van der Waals surface area contributed by atoms with Gasteiger partial charge in [-0.3, -0.25) is 4.99 Å². The van der Waals surface area contributed by atoms with Crippen LogP contribution in [0, 0.1) is 10.7 Å². The summed E-state index contributed by atoms with van der Waals surface area (Å²) in [6.45, 7) is 1.93. The summed E-state index contributed by atoms with van der Waals surface area (Å²) in [5.74, 6) is 0.265. The second-order valence-electron chi connectivity index (χ2n) is 4.02. The van der Waals surface area contributed by atoms with Crippen molar-refractivity contribution >= 4 is 56.4 Å². The maximum atomic E-state index is 11.5. The number of ether oxygens (including phenoxy) is 1. The molecule has 0 aliphatic carbocycles. The molecule has 0 saturated carbocycles. The Morgan fingerprint density at radius 2 is 2.20 bits per heavy atom. The first-order valence-electron chi connectivity index (χ1n) is 5.69. The third kappa shape index (κ3) is 3.49. The Hall–Kier alpha value is -1.15. The molecule has 2 rings (SSSR count). The van der Waals surface area contributed by atoms with E-state index in [1.165, 1.54) is 7.11 Å². The second kappa shape index (κ2) is 6.53. The smallest absolute Gasteiger partial charge is 0.337 e. The molecular weight excluding hydrogens is 437 g/mol. The predicted molar refractivity (Wildman–Crippen MR) is 88.9 cm³/mol. The molecule has 20 heavy (non-hydrogen) atoms. The number of hydrogen-bond donors (Lipinski definition) is 0. The summed E-state index contributed by atoms with van der Waals surface area (Å²) in [6, 6.07) is 7.08. The minimum Gasteiger partial charge on any atom is -0.465 e. The Morgan fingerprint density at radius 1 is 1.45 bits per heavy atom. The molecule has 104 valence electrons. The van der Waals surface area contributed by atoms with E-state index < -0.39 is 0 Å². The molecule has 4 nitrogen and oxygen atoms in total. The third-order valence-corrected chi connectivity index (χ3v) is 4.76. The fraction of sp³-hybridized carbons (Fsp3) is 0.143. The monoisotopic (exact) mass is 447 g/mol. The number of methoxy groups -OCH3 is 1. The van der Waals surface area contributed by atoms with Gasteiger partial charge in [0, 0.05) is 28.7 Å². The van der Waals surface area contributed by atoms with Gasteiger partial charge in [0.25, 0.3) is 0 Å². The SMILES string of the molecule is COC(=O)c1ccc(C)c(N=Cc2cc(Br)c(I)o2)c1. The summed E-state index contributed by atoms with van der Waals surface area (Å²) in [7, 11) is 1.35. The highest BCUT2D eigenvalue weighted by molar-refractivity contribution is 14.1. The number of aliphatic imine (C=N–C) groups is 1. The molecule has 0 N–H and O–H groups in total. The van der Waals surface area contributed by atoms with Crippen molar-refractivity contribution < 1.29 is 13.9 Å². The first-order chi connectivity index (χ1) is 9.51. The van der Waals surface area contributed by atoms with Gasteiger partial charge in [0.15, 0.2) is 3.77 Å². The van der Waals surface area contributed by atoms with E-state index in [2.05, 4.69) is 43.5 Å². The van der Waals surface area contributed by atoms with Crippen molar-refractivity contribution in [2.45, 2.75) is 6.92 Å². The molecule has 0 saturated heterocycles. The lowest BCUT2D eigenvalue weighted by Crippen LogP contribution is -2.00. The summed E-state index contributed by atoms with van der Waals surface area (Å²) < 4.78 is 11.8. The van der Waals surface area contributed by atoms with Crippen LogP contribution in [0.1, 0.15) is 21.7 Å². The van der Waals surface area contributed by atoms with Crippen LogP contribution in [-0.2, 0) is 4.74 Å². The number of benzene rings is 1. The van der Waals surface area contributed by atoms with E-state index in [1.807, 2.05) is 19.1 Å². The zero-order chi connectivity index (χ0) is 14.7. The summed E-state index contributed by atoms with van der Waals surface area (Å²) in [5, 5.41) is 0. The van der Waals surface area contributed by atoms with Crippen LogP contribution < -0.4 is 0 Å². The molecular formula is C14H11BrINO3. The second-order valence-corrected chi connectivity index (χ2v) is 5.86. The Labute approximate surface area is 138 Å². The van der Waals surface area contributed by atoms with Crippen molar-refractivity contribution in [1.29, 1.82) is 0 Å². The topological polar surface area (TPSA) is 51.8 Å². The fourth-order valence-corrected chi connectivity index (χ4v) is 2.27. The van der Waals surface area contributed by atoms with E-state index in [4.69, 9.17) is 9.15 Å². The van der Waals surface area contributed by atoms with Gasteiger partial charge < -0.3 is 9.15 Å². The Balaban J connectivity index is 2.30. The Kier molecular flexibility index (Phi) is 4.98. The standard InChI is InChI=1S/C14H11BrINO3/c1-8-3-4-9(14(18)19-2)5-12(8)17-7-10-6-11(15)13(16)20-10/h3-7H,1-2H3. The van der Waals surface area contributed by atoms with Gasteiger partial charge in [0.05, 0.1) is 29.0 Å². The van der Waals surface area contributed by atoms with E-state index in [1.54, 1.807) is 18.3 Å². The van der Waals surface area contributed by atoms with Crippen molar-refractivity contribution in [3.8, 4) is 0 Å². The number of hydrogen-bond acceptors (Lipinski definition) is 4. The molecule has 2 aromatic rings. The summed E-state index contributed by atoms with van der Waals surface area (Å²) in [6.07, 6.45) is 1.62. The summed E-state index contributed by atoms with van der Waals surface area (Å²) >= 11 is 5.46. The van der Waals surface area contributed by atoms with E-state index in [0.717, 1.165) is 13.8 Å². The van der Waals surface area contributed by atoms with Gasteiger partial charge in [0.1, 0.15) is 5.76 Å². The van der Waals surface area contributed by atoms with Crippen molar-refractivity contribution in [3.05, 3.63) is 49.4 Å². The van der Waals surface area contributed by atoms with Crippen molar-refractivity contribution in [2.75, 3.05) is 7.11 Å². The fourth-order valence-electron chi connectivity index (χ4n) is 1.55. The predicted octanol–water partition coefficient (Wildman–Crippen LogP) is 4.49. The number of esters is 1. The van der Waals surface area contributed by atoms with Crippen LogP contribution in [0.4, 0.5) is 5.69 Å². The van der Waals surface area contributed by atoms with Gasteiger partial charge in [-0.1, -0.05) is 6.07 Å². The van der Waals surface area contributed by atoms with Gasteiger partial charge in [-0.15, -0.1) is 0 Å². The van der Waals surface area contributed by atoms with Gasteiger partial charge in [-0.25, -0.2) is 4.79 Å². The lowest BCUT2D eigenvalue weighted by molar-refractivity contribution is 0.0601. The van der Waals surface area contributed by atoms with Crippen LogP contribution in [0.5, 0.6) is 0 Å². The lowest BCUT2D eigenvalue weighted by Gasteiger charge is -2.03. The molecule has 0 amide bonds. The molecule has 0 radical (unpaired) electrons. The number of rotatable bonds is 3. The van der Waals surface area contributed by atoms with Crippen LogP contribution in [0.2, 0.25) is 0 Å². The first kappa shape index (κ1) is 15.2. The van der Waals surface area contributed by atoms with Crippen LogP contribution in [0.15, 0.2) is 38.1 Å².